The Kier molecular flexibility index (Phi) is 5.65. The molecule has 0 radical (unpaired) electrons. The Hall–Kier alpha value is -0.870. The summed E-state index contributed by atoms with van der Waals surface area (Å²) in [5, 5.41) is 0. The summed E-state index contributed by atoms with van der Waals surface area (Å²) in [6.07, 6.45) is 4.99. The summed E-state index contributed by atoms with van der Waals surface area (Å²) in [5.41, 5.74) is 7.20. The normalized spacial score (nSPS) is 13.6. The van der Waals surface area contributed by atoms with Gasteiger partial charge in [-0.3, -0.25) is 4.90 Å². The molecule has 0 aliphatic heterocycles. The minimum atomic E-state index is 0.272. The molecule has 0 spiro atoms. The van der Waals surface area contributed by atoms with Crippen LogP contribution in [0.5, 0.6) is 0 Å². The predicted octanol–water partition coefficient (Wildman–Crippen LogP) is 2.02. The fourth-order valence-electron chi connectivity index (χ4n) is 2.41. The lowest BCUT2D eigenvalue weighted by Gasteiger charge is -2.33. The van der Waals surface area contributed by atoms with Gasteiger partial charge in [-0.05, 0) is 26.8 Å². The third-order valence-electron chi connectivity index (χ3n) is 3.20. The van der Waals surface area contributed by atoms with Crippen molar-refractivity contribution in [1.29, 1.82) is 0 Å². The van der Waals surface area contributed by atoms with Gasteiger partial charge in [-0.1, -0.05) is 13.8 Å². The van der Waals surface area contributed by atoms with Gasteiger partial charge in [0, 0.05) is 25.3 Å². The van der Waals surface area contributed by atoms with Crippen LogP contribution in [0.4, 0.5) is 0 Å². The summed E-state index contributed by atoms with van der Waals surface area (Å²) in [6, 6.07) is 0.771. The Balaban J connectivity index is 2.95. The number of aryl methyl sites for hydroxylation is 1. The molecule has 0 bridgehead atoms. The molecule has 0 aliphatic rings. The van der Waals surface area contributed by atoms with Gasteiger partial charge in [0.1, 0.15) is 0 Å². The van der Waals surface area contributed by atoms with E-state index in [0.29, 0.717) is 12.6 Å². The average molecular weight is 238 g/mol. The van der Waals surface area contributed by atoms with Gasteiger partial charge in [0.2, 0.25) is 0 Å². The predicted molar refractivity (Wildman–Crippen MR) is 71.8 cm³/mol. The number of rotatable bonds is 7. The number of nitrogens with two attached hydrogens (primary N) is 1. The highest BCUT2D eigenvalue weighted by Gasteiger charge is 2.22. The van der Waals surface area contributed by atoms with E-state index in [2.05, 4.69) is 42.1 Å². The topological polar surface area (TPSA) is 47.1 Å². The van der Waals surface area contributed by atoms with Crippen LogP contribution < -0.4 is 5.73 Å². The molecule has 1 atom stereocenters. The van der Waals surface area contributed by atoms with Crippen molar-refractivity contribution in [3.05, 3.63) is 18.2 Å². The molecule has 4 nitrogen and oxygen atoms in total. The maximum absolute atomic E-state index is 5.96. The van der Waals surface area contributed by atoms with Crippen molar-refractivity contribution >= 4 is 0 Å². The Morgan fingerprint density at radius 1 is 1.41 bits per heavy atom. The highest BCUT2D eigenvalue weighted by atomic mass is 15.2. The zero-order valence-corrected chi connectivity index (χ0v) is 11.6. The van der Waals surface area contributed by atoms with E-state index in [-0.39, 0.29) is 6.04 Å². The van der Waals surface area contributed by atoms with E-state index in [1.807, 2.05) is 12.5 Å². The van der Waals surface area contributed by atoms with E-state index in [0.717, 1.165) is 19.5 Å². The number of likely N-dealkylation sites (N-methyl/N-ethyl adjacent to an activating group) is 1. The molecule has 0 saturated heterocycles. The van der Waals surface area contributed by atoms with Crippen LogP contribution in [-0.4, -0.2) is 33.6 Å². The zero-order valence-electron chi connectivity index (χ0n) is 11.6. The first-order chi connectivity index (χ1) is 8.15. The van der Waals surface area contributed by atoms with Crippen molar-refractivity contribution in [3.8, 4) is 0 Å². The quantitative estimate of drug-likeness (QED) is 0.790. The smallest absolute Gasteiger partial charge is 0.0948 e. The lowest BCUT2D eigenvalue weighted by Crippen LogP contribution is -2.39. The molecule has 1 rings (SSSR count). The van der Waals surface area contributed by atoms with E-state index in [1.165, 1.54) is 5.69 Å². The zero-order chi connectivity index (χ0) is 12.8. The molecule has 17 heavy (non-hydrogen) atoms. The fraction of sp³-hybridized carbons (Fsp3) is 0.769. The lowest BCUT2D eigenvalue weighted by molar-refractivity contribution is 0.160. The summed E-state index contributed by atoms with van der Waals surface area (Å²) >= 11 is 0. The molecular formula is C13H26N4. The van der Waals surface area contributed by atoms with E-state index < -0.39 is 0 Å². The molecule has 1 heterocycles. The fourth-order valence-corrected chi connectivity index (χ4v) is 2.41. The second-order valence-corrected chi connectivity index (χ2v) is 4.69. The molecular weight excluding hydrogens is 212 g/mol. The Morgan fingerprint density at radius 3 is 2.59 bits per heavy atom. The van der Waals surface area contributed by atoms with E-state index in [9.17, 15) is 0 Å². The van der Waals surface area contributed by atoms with E-state index in [1.54, 1.807) is 0 Å². The molecule has 1 aromatic heterocycles. The van der Waals surface area contributed by atoms with Crippen LogP contribution in [0.2, 0.25) is 0 Å². The summed E-state index contributed by atoms with van der Waals surface area (Å²) in [6.45, 7) is 11.5. The summed E-state index contributed by atoms with van der Waals surface area (Å²) in [4.78, 5) is 6.69. The maximum Gasteiger partial charge on any atom is 0.0948 e. The number of imidazole rings is 1. The van der Waals surface area contributed by atoms with Crippen LogP contribution >= 0.6 is 0 Å². The summed E-state index contributed by atoms with van der Waals surface area (Å²) in [5.74, 6) is 0. The molecule has 98 valence electrons. The molecule has 0 amide bonds. The van der Waals surface area contributed by atoms with Crippen LogP contribution in [0, 0.1) is 0 Å². The highest BCUT2D eigenvalue weighted by molar-refractivity contribution is 5.07. The second-order valence-electron chi connectivity index (χ2n) is 4.69. The second kappa shape index (κ2) is 6.77. The summed E-state index contributed by atoms with van der Waals surface area (Å²) in [7, 11) is 0. The highest BCUT2D eigenvalue weighted by Crippen LogP contribution is 2.21. The van der Waals surface area contributed by atoms with E-state index in [4.69, 9.17) is 5.73 Å². The van der Waals surface area contributed by atoms with Crippen LogP contribution in [-0.2, 0) is 6.54 Å². The van der Waals surface area contributed by atoms with Crippen LogP contribution in [0.15, 0.2) is 12.5 Å². The number of nitrogens with zero attached hydrogens (tertiary/aromatic N) is 3. The molecule has 2 N–H and O–H groups in total. The molecule has 1 aromatic rings. The largest absolute Gasteiger partial charge is 0.333 e. The van der Waals surface area contributed by atoms with Crippen molar-refractivity contribution < 1.29 is 0 Å². The molecule has 4 heteroatoms. The summed E-state index contributed by atoms with van der Waals surface area (Å²) < 4.78 is 2.22. The van der Waals surface area contributed by atoms with Crippen molar-refractivity contribution in [2.24, 2.45) is 5.73 Å². The third kappa shape index (κ3) is 3.30. The van der Waals surface area contributed by atoms with Gasteiger partial charge in [-0.2, -0.15) is 0 Å². The average Bonchev–Trinajstić information content (AvgIpc) is 2.73. The van der Waals surface area contributed by atoms with Gasteiger partial charge in [0.25, 0.3) is 0 Å². The van der Waals surface area contributed by atoms with Crippen molar-refractivity contribution in [3.63, 3.8) is 0 Å². The van der Waals surface area contributed by atoms with Crippen molar-refractivity contribution in [1.82, 2.24) is 14.5 Å². The van der Waals surface area contributed by atoms with Gasteiger partial charge in [-0.15, -0.1) is 0 Å². The van der Waals surface area contributed by atoms with Crippen molar-refractivity contribution in [2.45, 2.75) is 52.7 Å². The van der Waals surface area contributed by atoms with Crippen LogP contribution in [0.1, 0.15) is 45.9 Å². The minimum Gasteiger partial charge on any atom is -0.333 e. The molecule has 0 aliphatic carbocycles. The minimum absolute atomic E-state index is 0.272. The molecule has 0 fully saturated rings. The number of hydrogen-bond donors (Lipinski definition) is 1. The molecule has 0 saturated carbocycles. The van der Waals surface area contributed by atoms with Gasteiger partial charge in [0.05, 0.1) is 18.1 Å². The maximum atomic E-state index is 5.96. The van der Waals surface area contributed by atoms with Crippen molar-refractivity contribution in [2.75, 3.05) is 13.1 Å². The van der Waals surface area contributed by atoms with E-state index >= 15 is 0 Å². The first-order valence-electron chi connectivity index (χ1n) is 6.61. The van der Waals surface area contributed by atoms with Gasteiger partial charge in [-0.25, -0.2) is 4.98 Å². The number of hydrogen-bond acceptors (Lipinski definition) is 3. The number of aromatic nitrogens is 2. The van der Waals surface area contributed by atoms with Gasteiger partial charge < -0.3 is 10.3 Å². The first-order valence-corrected chi connectivity index (χ1v) is 6.61. The standard InChI is InChI=1S/C13H26N4/c1-5-7-16-10-15-9-13(16)12(8-14)17(6-2)11(3)4/h9-12H,5-8,14H2,1-4H3. The Bertz CT molecular complexity index is 319. The third-order valence-corrected chi connectivity index (χ3v) is 3.20. The van der Waals surface area contributed by atoms with Crippen LogP contribution in [0.3, 0.4) is 0 Å². The monoisotopic (exact) mass is 238 g/mol. The van der Waals surface area contributed by atoms with Crippen LogP contribution in [0.25, 0.3) is 0 Å². The Morgan fingerprint density at radius 2 is 2.12 bits per heavy atom. The van der Waals surface area contributed by atoms with Gasteiger partial charge in [0.15, 0.2) is 0 Å². The Labute approximate surface area is 105 Å². The molecule has 0 aromatic carbocycles. The first kappa shape index (κ1) is 14.2. The van der Waals surface area contributed by atoms with Gasteiger partial charge >= 0.3 is 0 Å². The SMILES string of the molecule is CCCn1cncc1C(CN)N(CC)C(C)C. The molecule has 1 unspecified atom stereocenters. The lowest BCUT2D eigenvalue weighted by atomic mass is 10.1.